The first-order valence-electron chi connectivity index (χ1n) is 3.58. The molecule has 3 heteroatoms. The molecule has 12 heavy (non-hydrogen) atoms. The van der Waals surface area contributed by atoms with E-state index in [2.05, 4.69) is 0 Å². The molecule has 0 aromatic heterocycles. The predicted octanol–water partition coefficient (Wildman–Crippen LogP) is 3.06. The van der Waals surface area contributed by atoms with Crippen molar-refractivity contribution in [3.63, 3.8) is 0 Å². The lowest BCUT2D eigenvalue weighted by Gasteiger charge is -2.01. The first-order valence-corrected chi connectivity index (χ1v) is 5.39. The Morgan fingerprint density at radius 3 is 2.75 bits per heavy atom. The first kappa shape index (κ1) is 9.62. The quantitative estimate of drug-likeness (QED) is 0.698. The maximum atomic E-state index is 11.4. The van der Waals surface area contributed by atoms with Gasteiger partial charge in [-0.1, -0.05) is 24.3 Å². The minimum atomic E-state index is 0.0908. The standard InChI is InChI=1S/C9H9ClOS/c1-7-4-2-3-5-8(7)9(11)6-12-10/h2-5H,6H2,1H3. The van der Waals surface area contributed by atoms with Crippen LogP contribution in [0.5, 0.6) is 0 Å². The van der Waals surface area contributed by atoms with E-state index in [9.17, 15) is 4.79 Å². The van der Waals surface area contributed by atoms with Crippen LogP contribution >= 0.6 is 21.7 Å². The van der Waals surface area contributed by atoms with Gasteiger partial charge in [-0.05, 0) is 34.1 Å². The third-order valence-corrected chi connectivity index (χ3v) is 2.33. The predicted molar refractivity (Wildman–Crippen MR) is 53.8 cm³/mol. The summed E-state index contributed by atoms with van der Waals surface area (Å²) in [5.41, 5.74) is 1.78. The normalized spacial score (nSPS) is 9.83. The highest BCUT2D eigenvalue weighted by atomic mass is 35.7. The number of hydrogen-bond donors (Lipinski definition) is 0. The molecule has 0 radical (unpaired) electrons. The monoisotopic (exact) mass is 200 g/mol. The summed E-state index contributed by atoms with van der Waals surface area (Å²) in [7, 11) is 6.43. The van der Waals surface area contributed by atoms with Crippen molar-refractivity contribution in [3.8, 4) is 0 Å². The van der Waals surface area contributed by atoms with Crippen LogP contribution in [0.1, 0.15) is 15.9 Å². The molecule has 0 N–H and O–H groups in total. The molecule has 0 saturated heterocycles. The van der Waals surface area contributed by atoms with E-state index in [0.717, 1.165) is 22.1 Å². The molecule has 0 aliphatic heterocycles. The summed E-state index contributed by atoms with van der Waals surface area (Å²) in [6, 6.07) is 7.52. The number of carbonyl (C=O) groups is 1. The highest BCUT2D eigenvalue weighted by molar-refractivity contribution is 8.21. The topological polar surface area (TPSA) is 17.1 Å². The molecule has 1 nitrogen and oxygen atoms in total. The Kier molecular flexibility index (Phi) is 3.63. The van der Waals surface area contributed by atoms with Gasteiger partial charge in [0.05, 0.1) is 5.75 Å². The van der Waals surface area contributed by atoms with E-state index in [1.54, 1.807) is 0 Å². The molecule has 64 valence electrons. The van der Waals surface area contributed by atoms with Crippen LogP contribution < -0.4 is 0 Å². The Hall–Kier alpha value is -0.470. The molecule has 1 aromatic carbocycles. The van der Waals surface area contributed by atoms with Crippen LogP contribution in [0.3, 0.4) is 0 Å². The maximum absolute atomic E-state index is 11.4. The van der Waals surface area contributed by atoms with E-state index < -0.39 is 0 Å². The van der Waals surface area contributed by atoms with Gasteiger partial charge in [0.2, 0.25) is 0 Å². The Morgan fingerprint density at radius 1 is 1.50 bits per heavy atom. The average molecular weight is 201 g/mol. The smallest absolute Gasteiger partial charge is 0.174 e. The molecule has 0 amide bonds. The molecular formula is C9H9ClOS. The van der Waals surface area contributed by atoms with Crippen molar-refractivity contribution >= 4 is 27.4 Å². The highest BCUT2D eigenvalue weighted by Gasteiger charge is 2.06. The van der Waals surface area contributed by atoms with Crippen molar-refractivity contribution in [1.29, 1.82) is 0 Å². The second kappa shape index (κ2) is 4.53. The number of halogens is 1. The summed E-state index contributed by atoms with van der Waals surface area (Å²) < 4.78 is 0. The van der Waals surface area contributed by atoms with Gasteiger partial charge >= 0.3 is 0 Å². The third-order valence-electron chi connectivity index (χ3n) is 1.63. The van der Waals surface area contributed by atoms with Gasteiger partial charge in [0.25, 0.3) is 0 Å². The number of ketones is 1. The molecule has 0 spiro atoms. The molecule has 0 saturated carbocycles. The average Bonchev–Trinajstić information content (AvgIpc) is 2.05. The summed E-state index contributed by atoms with van der Waals surface area (Å²) in [4.78, 5) is 11.4. The van der Waals surface area contributed by atoms with Gasteiger partial charge in [-0.25, -0.2) is 0 Å². The zero-order valence-electron chi connectivity index (χ0n) is 6.71. The van der Waals surface area contributed by atoms with E-state index in [1.807, 2.05) is 31.2 Å². The van der Waals surface area contributed by atoms with Crippen molar-refractivity contribution in [2.75, 3.05) is 5.75 Å². The van der Waals surface area contributed by atoms with Crippen LogP contribution in [-0.2, 0) is 0 Å². The summed E-state index contributed by atoms with van der Waals surface area (Å²) in [5, 5.41) is 0. The minimum absolute atomic E-state index is 0.0908. The van der Waals surface area contributed by atoms with Crippen LogP contribution in [0, 0.1) is 6.92 Å². The Morgan fingerprint density at radius 2 is 2.17 bits per heavy atom. The first-order chi connectivity index (χ1) is 5.75. The van der Waals surface area contributed by atoms with Crippen molar-refractivity contribution in [1.82, 2.24) is 0 Å². The Labute approximate surface area is 80.6 Å². The van der Waals surface area contributed by atoms with Crippen molar-refractivity contribution in [2.45, 2.75) is 6.92 Å². The van der Waals surface area contributed by atoms with Gasteiger partial charge in [0.1, 0.15) is 0 Å². The number of hydrogen-bond acceptors (Lipinski definition) is 2. The molecule has 0 aliphatic carbocycles. The van der Waals surface area contributed by atoms with E-state index in [0.29, 0.717) is 5.75 Å². The molecule has 0 heterocycles. The fraction of sp³-hybridized carbons (Fsp3) is 0.222. The van der Waals surface area contributed by atoms with E-state index >= 15 is 0 Å². The highest BCUT2D eigenvalue weighted by Crippen LogP contribution is 2.13. The lowest BCUT2D eigenvalue weighted by Crippen LogP contribution is -2.03. The minimum Gasteiger partial charge on any atom is -0.293 e. The van der Waals surface area contributed by atoms with Crippen LogP contribution in [0.4, 0.5) is 0 Å². The second-order valence-electron chi connectivity index (χ2n) is 2.49. The third kappa shape index (κ3) is 2.26. The van der Waals surface area contributed by atoms with Crippen LogP contribution in [0.25, 0.3) is 0 Å². The van der Waals surface area contributed by atoms with Crippen molar-refractivity contribution in [3.05, 3.63) is 35.4 Å². The molecule has 0 unspecified atom stereocenters. The summed E-state index contributed by atoms with van der Waals surface area (Å²) in [6.45, 7) is 1.92. The van der Waals surface area contributed by atoms with Gasteiger partial charge in [-0.15, -0.1) is 0 Å². The summed E-state index contributed by atoms with van der Waals surface area (Å²) in [5.74, 6) is 0.431. The van der Waals surface area contributed by atoms with E-state index in [1.165, 1.54) is 0 Å². The molecule has 1 rings (SSSR count). The van der Waals surface area contributed by atoms with Gasteiger partial charge in [0, 0.05) is 5.56 Å². The zero-order valence-corrected chi connectivity index (χ0v) is 8.28. The molecule has 0 bridgehead atoms. The fourth-order valence-electron chi connectivity index (χ4n) is 1.01. The van der Waals surface area contributed by atoms with Gasteiger partial charge in [0.15, 0.2) is 5.78 Å². The maximum Gasteiger partial charge on any atom is 0.174 e. The van der Waals surface area contributed by atoms with Crippen LogP contribution in [-0.4, -0.2) is 11.5 Å². The number of carbonyl (C=O) groups excluding carboxylic acids is 1. The van der Waals surface area contributed by atoms with Gasteiger partial charge in [-0.3, -0.25) is 4.79 Å². The number of rotatable bonds is 3. The Balaban J connectivity index is 2.87. The largest absolute Gasteiger partial charge is 0.293 e. The summed E-state index contributed by atoms with van der Waals surface area (Å²) in [6.07, 6.45) is 0. The SMILES string of the molecule is Cc1ccccc1C(=O)CSCl. The lowest BCUT2D eigenvalue weighted by atomic mass is 10.1. The molecule has 1 aromatic rings. The number of Topliss-reactive ketones (excluding diaryl/α,β-unsaturated/α-hetero) is 1. The Bertz CT molecular complexity index is 286. The molecular weight excluding hydrogens is 192 g/mol. The van der Waals surface area contributed by atoms with Crippen LogP contribution in [0.2, 0.25) is 0 Å². The lowest BCUT2D eigenvalue weighted by molar-refractivity contribution is 0.102. The zero-order chi connectivity index (χ0) is 8.97. The number of benzene rings is 1. The fourth-order valence-corrected chi connectivity index (χ4v) is 1.56. The van der Waals surface area contributed by atoms with Gasteiger partial charge < -0.3 is 0 Å². The van der Waals surface area contributed by atoms with Crippen molar-refractivity contribution < 1.29 is 4.79 Å². The molecule has 0 fully saturated rings. The second-order valence-corrected chi connectivity index (χ2v) is 3.65. The van der Waals surface area contributed by atoms with Gasteiger partial charge in [-0.2, -0.15) is 0 Å². The van der Waals surface area contributed by atoms with Crippen molar-refractivity contribution in [2.24, 2.45) is 0 Å². The molecule has 0 aliphatic rings. The van der Waals surface area contributed by atoms with E-state index in [4.69, 9.17) is 10.7 Å². The summed E-state index contributed by atoms with van der Waals surface area (Å²) >= 11 is 0. The number of aryl methyl sites for hydroxylation is 1. The van der Waals surface area contributed by atoms with Crippen LogP contribution in [0.15, 0.2) is 24.3 Å². The molecule has 0 atom stereocenters. The van der Waals surface area contributed by atoms with E-state index in [-0.39, 0.29) is 5.78 Å².